The molecule has 1 aromatic rings. The number of hydrogen-bond donors (Lipinski definition) is 1. The second kappa shape index (κ2) is 8.31. The summed E-state index contributed by atoms with van der Waals surface area (Å²) < 4.78 is 6.03. The van der Waals surface area contributed by atoms with Crippen LogP contribution in [-0.2, 0) is 6.42 Å². The van der Waals surface area contributed by atoms with Crippen molar-refractivity contribution in [3.8, 4) is 5.75 Å². The minimum absolute atomic E-state index is 0.534. The van der Waals surface area contributed by atoms with Gasteiger partial charge >= 0.3 is 0 Å². The van der Waals surface area contributed by atoms with Crippen molar-refractivity contribution in [2.24, 2.45) is 17.6 Å². The summed E-state index contributed by atoms with van der Waals surface area (Å²) in [6.45, 7) is 3.82. The van der Waals surface area contributed by atoms with Crippen LogP contribution in [0.1, 0.15) is 51.0 Å². The van der Waals surface area contributed by atoms with Crippen molar-refractivity contribution in [3.05, 3.63) is 29.8 Å². The van der Waals surface area contributed by atoms with Gasteiger partial charge < -0.3 is 10.5 Å². The molecule has 0 bridgehead atoms. The van der Waals surface area contributed by atoms with Gasteiger partial charge in [0.2, 0.25) is 0 Å². The maximum atomic E-state index is 6.03. The number of rotatable bonds is 6. The Hall–Kier alpha value is -1.02. The van der Waals surface area contributed by atoms with Crippen LogP contribution in [0.2, 0.25) is 0 Å². The van der Waals surface area contributed by atoms with E-state index in [1.165, 1.54) is 44.1 Å². The highest BCUT2D eigenvalue weighted by Crippen LogP contribution is 2.24. The standard InChI is InChI=1S/C18H29NO/c1-15(13-19)11-17-9-6-10-18(12-17)20-14-16-7-4-2-3-5-8-16/h6,9-10,12,15-16H,2-5,7-8,11,13-14,19H2,1H3/t15-/m0/s1. The maximum Gasteiger partial charge on any atom is 0.119 e. The quantitative estimate of drug-likeness (QED) is 0.791. The molecule has 2 nitrogen and oxygen atoms in total. The van der Waals surface area contributed by atoms with Gasteiger partial charge in [-0.2, -0.15) is 0 Å². The molecule has 1 fully saturated rings. The van der Waals surface area contributed by atoms with E-state index in [0.29, 0.717) is 5.92 Å². The lowest BCUT2D eigenvalue weighted by Crippen LogP contribution is -2.13. The Balaban J connectivity index is 1.84. The van der Waals surface area contributed by atoms with Crippen LogP contribution in [0, 0.1) is 11.8 Å². The molecule has 1 aromatic carbocycles. The monoisotopic (exact) mass is 275 g/mol. The van der Waals surface area contributed by atoms with Gasteiger partial charge in [0.1, 0.15) is 5.75 Å². The molecule has 0 aromatic heterocycles. The minimum Gasteiger partial charge on any atom is -0.493 e. The highest BCUT2D eigenvalue weighted by Gasteiger charge is 2.13. The summed E-state index contributed by atoms with van der Waals surface area (Å²) in [5.41, 5.74) is 7.03. The van der Waals surface area contributed by atoms with E-state index in [-0.39, 0.29) is 0 Å². The van der Waals surface area contributed by atoms with Gasteiger partial charge in [-0.3, -0.25) is 0 Å². The number of nitrogens with two attached hydrogens (primary N) is 1. The molecule has 0 heterocycles. The summed E-state index contributed by atoms with van der Waals surface area (Å²) in [6.07, 6.45) is 9.28. The molecule has 0 radical (unpaired) electrons. The average molecular weight is 275 g/mol. The Kier molecular flexibility index (Phi) is 6.38. The van der Waals surface area contributed by atoms with Crippen molar-refractivity contribution < 1.29 is 4.74 Å². The van der Waals surface area contributed by atoms with E-state index in [2.05, 4.69) is 31.2 Å². The summed E-state index contributed by atoms with van der Waals surface area (Å²) in [4.78, 5) is 0. The molecule has 0 amide bonds. The second-order valence-electron chi connectivity index (χ2n) is 6.36. The fourth-order valence-corrected chi connectivity index (χ4v) is 2.99. The number of benzene rings is 1. The molecule has 1 aliphatic rings. The van der Waals surface area contributed by atoms with Crippen molar-refractivity contribution in [1.29, 1.82) is 0 Å². The van der Waals surface area contributed by atoms with E-state index in [4.69, 9.17) is 10.5 Å². The topological polar surface area (TPSA) is 35.2 Å². The Morgan fingerprint density at radius 2 is 1.95 bits per heavy atom. The van der Waals surface area contributed by atoms with E-state index in [9.17, 15) is 0 Å². The molecule has 2 rings (SSSR count). The molecule has 2 N–H and O–H groups in total. The zero-order valence-electron chi connectivity index (χ0n) is 12.8. The molecule has 112 valence electrons. The van der Waals surface area contributed by atoms with Crippen LogP contribution in [0.5, 0.6) is 5.75 Å². The molecule has 0 spiro atoms. The van der Waals surface area contributed by atoms with Gasteiger partial charge in [-0.15, -0.1) is 0 Å². The van der Waals surface area contributed by atoms with Crippen LogP contribution < -0.4 is 10.5 Å². The normalized spacial score (nSPS) is 18.5. The van der Waals surface area contributed by atoms with Crippen molar-refractivity contribution in [2.45, 2.75) is 51.9 Å². The molecular formula is C18H29NO. The zero-order chi connectivity index (χ0) is 14.2. The van der Waals surface area contributed by atoms with E-state index < -0.39 is 0 Å². The Morgan fingerprint density at radius 3 is 2.65 bits per heavy atom. The largest absolute Gasteiger partial charge is 0.493 e. The van der Waals surface area contributed by atoms with Gasteiger partial charge in [-0.25, -0.2) is 0 Å². The molecule has 20 heavy (non-hydrogen) atoms. The van der Waals surface area contributed by atoms with Gasteiger partial charge in [0.15, 0.2) is 0 Å². The van der Waals surface area contributed by atoms with E-state index >= 15 is 0 Å². The zero-order valence-corrected chi connectivity index (χ0v) is 12.8. The Morgan fingerprint density at radius 1 is 1.20 bits per heavy atom. The molecule has 2 heteroatoms. The summed E-state index contributed by atoms with van der Waals surface area (Å²) in [5, 5.41) is 0. The third kappa shape index (κ3) is 5.16. The first-order valence-corrected chi connectivity index (χ1v) is 8.19. The summed E-state index contributed by atoms with van der Waals surface area (Å²) in [6, 6.07) is 8.53. The fraction of sp³-hybridized carbons (Fsp3) is 0.667. The molecular weight excluding hydrogens is 246 g/mol. The predicted octanol–water partition coefficient (Wildman–Crippen LogP) is 4.17. The molecule has 0 saturated heterocycles. The molecule has 1 saturated carbocycles. The smallest absolute Gasteiger partial charge is 0.119 e. The van der Waals surface area contributed by atoms with E-state index in [1.807, 2.05) is 0 Å². The van der Waals surface area contributed by atoms with Crippen LogP contribution in [-0.4, -0.2) is 13.2 Å². The van der Waals surface area contributed by atoms with Crippen molar-refractivity contribution in [1.82, 2.24) is 0 Å². The third-order valence-corrected chi connectivity index (χ3v) is 4.35. The van der Waals surface area contributed by atoms with Crippen LogP contribution >= 0.6 is 0 Å². The maximum absolute atomic E-state index is 6.03. The average Bonchev–Trinajstić information content (AvgIpc) is 2.74. The van der Waals surface area contributed by atoms with E-state index in [0.717, 1.165) is 31.2 Å². The van der Waals surface area contributed by atoms with Gasteiger partial charge in [0.25, 0.3) is 0 Å². The highest BCUT2D eigenvalue weighted by atomic mass is 16.5. The predicted molar refractivity (Wildman–Crippen MR) is 85.1 cm³/mol. The van der Waals surface area contributed by atoms with Gasteiger partial charge in [-0.1, -0.05) is 44.7 Å². The molecule has 0 unspecified atom stereocenters. The van der Waals surface area contributed by atoms with Gasteiger partial charge in [-0.05, 0) is 55.3 Å². The molecule has 0 aliphatic heterocycles. The summed E-state index contributed by atoms with van der Waals surface area (Å²) >= 11 is 0. The van der Waals surface area contributed by atoms with Crippen LogP contribution in [0.15, 0.2) is 24.3 Å². The minimum atomic E-state index is 0.534. The number of ether oxygens (including phenoxy) is 1. The Bertz CT molecular complexity index is 383. The van der Waals surface area contributed by atoms with Gasteiger partial charge in [0, 0.05) is 0 Å². The first kappa shape index (κ1) is 15.4. The van der Waals surface area contributed by atoms with Crippen molar-refractivity contribution in [2.75, 3.05) is 13.2 Å². The second-order valence-corrected chi connectivity index (χ2v) is 6.36. The number of hydrogen-bond acceptors (Lipinski definition) is 2. The first-order chi connectivity index (χ1) is 9.78. The van der Waals surface area contributed by atoms with E-state index in [1.54, 1.807) is 0 Å². The lowest BCUT2D eigenvalue weighted by atomic mass is 10.0. The summed E-state index contributed by atoms with van der Waals surface area (Å²) in [7, 11) is 0. The highest BCUT2D eigenvalue weighted by molar-refractivity contribution is 5.28. The summed E-state index contributed by atoms with van der Waals surface area (Å²) in [5.74, 6) is 2.31. The first-order valence-electron chi connectivity index (χ1n) is 8.19. The van der Waals surface area contributed by atoms with Crippen LogP contribution in [0.3, 0.4) is 0 Å². The molecule has 1 aliphatic carbocycles. The Labute approximate surface area is 123 Å². The van der Waals surface area contributed by atoms with Gasteiger partial charge in [0.05, 0.1) is 6.61 Å². The lowest BCUT2D eigenvalue weighted by molar-refractivity contribution is 0.233. The SMILES string of the molecule is C[C@H](CN)Cc1cccc(OCC2CCCCCC2)c1. The van der Waals surface area contributed by atoms with Crippen LogP contribution in [0.25, 0.3) is 0 Å². The molecule has 1 atom stereocenters. The fourth-order valence-electron chi connectivity index (χ4n) is 2.99. The third-order valence-electron chi connectivity index (χ3n) is 4.35. The van der Waals surface area contributed by atoms with Crippen molar-refractivity contribution in [3.63, 3.8) is 0 Å². The van der Waals surface area contributed by atoms with Crippen molar-refractivity contribution >= 4 is 0 Å². The van der Waals surface area contributed by atoms with Crippen LogP contribution in [0.4, 0.5) is 0 Å². The lowest BCUT2D eigenvalue weighted by Gasteiger charge is -2.16.